The van der Waals surface area contributed by atoms with E-state index in [9.17, 15) is 18.0 Å². The molecule has 0 spiro atoms. The minimum Gasteiger partial charge on any atom is -0.274 e. The number of alkyl halides is 3. The van der Waals surface area contributed by atoms with Gasteiger partial charge in [-0.25, -0.2) is 9.46 Å². The minimum absolute atomic E-state index is 0.0542. The van der Waals surface area contributed by atoms with Crippen molar-refractivity contribution in [3.8, 4) is 0 Å². The molecule has 160 valence electrons. The zero-order chi connectivity index (χ0) is 22.3. The molecule has 0 aliphatic carbocycles. The number of nitrogens with zero attached hydrogens (tertiary/aromatic N) is 2. The Morgan fingerprint density at radius 3 is 2.37 bits per heavy atom. The maximum Gasteiger partial charge on any atom is 0.409 e. The molecular formula is C20H17Cl2F3N2O2S. The Morgan fingerprint density at radius 1 is 1.20 bits per heavy atom. The number of hydroxylamine groups is 2. The fraction of sp³-hybridized carbons (Fsp3) is 0.300. The largest absolute Gasteiger partial charge is 0.409 e. The number of carbonyl (C=O) groups excluding carboxylic acids is 1. The van der Waals surface area contributed by atoms with E-state index in [2.05, 4.69) is 4.40 Å². The van der Waals surface area contributed by atoms with E-state index in [1.165, 1.54) is 32.4 Å². The highest BCUT2D eigenvalue weighted by Crippen LogP contribution is 2.57. The summed E-state index contributed by atoms with van der Waals surface area (Å²) in [5.41, 5.74) is 1.72. The van der Waals surface area contributed by atoms with Crippen molar-refractivity contribution in [2.45, 2.75) is 24.3 Å². The van der Waals surface area contributed by atoms with Crippen LogP contribution >= 0.6 is 35.1 Å². The average Bonchev–Trinajstić information content (AvgIpc) is 3.13. The van der Waals surface area contributed by atoms with Crippen LogP contribution in [0.15, 0.2) is 40.8 Å². The summed E-state index contributed by atoms with van der Waals surface area (Å²) in [5, 5.41) is 1.31. The predicted molar refractivity (Wildman–Crippen MR) is 113 cm³/mol. The Labute approximate surface area is 186 Å². The zero-order valence-electron chi connectivity index (χ0n) is 16.2. The maximum absolute atomic E-state index is 14.2. The molecule has 0 bridgehead atoms. The van der Waals surface area contributed by atoms with Crippen molar-refractivity contribution in [3.63, 3.8) is 0 Å². The summed E-state index contributed by atoms with van der Waals surface area (Å²) in [6.07, 6.45) is -4.98. The normalized spacial score (nSPS) is 19.0. The van der Waals surface area contributed by atoms with E-state index in [4.69, 9.17) is 28.0 Å². The number of amides is 1. The third-order valence-electron chi connectivity index (χ3n) is 4.86. The van der Waals surface area contributed by atoms with Crippen LogP contribution in [0.4, 0.5) is 13.2 Å². The zero-order valence-corrected chi connectivity index (χ0v) is 18.5. The van der Waals surface area contributed by atoms with E-state index >= 15 is 0 Å². The molecule has 10 heteroatoms. The second-order valence-electron chi connectivity index (χ2n) is 6.80. The van der Waals surface area contributed by atoms with Crippen molar-refractivity contribution in [2.75, 3.05) is 14.2 Å². The van der Waals surface area contributed by atoms with Crippen molar-refractivity contribution in [2.24, 2.45) is 4.40 Å². The van der Waals surface area contributed by atoms with E-state index < -0.39 is 10.9 Å². The third kappa shape index (κ3) is 4.19. The molecule has 1 unspecified atom stereocenters. The molecule has 1 amide bonds. The molecule has 4 nitrogen and oxygen atoms in total. The van der Waals surface area contributed by atoms with Gasteiger partial charge in [0.15, 0.2) is 4.75 Å². The van der Waals surface area contributed by atoms with E-state index in [1.807, 2.05) is 0 Å². The standard InChI is InChI=1S/C20H17Cl2F3N2O2S/c1-11-6-12(4-5-16(11)18(28)27(2)29-3)17-10-19(30-26-17,20(23,24)25)13-7-14(21)9-15(22)8-13/h4-9H,10H2,1-3H3. The van der Waals surface area contributed by atoms with E-state index in [1.54, 1.807) is 25.1 Å². The SMILES string of the molecule is CON(C)C(=O)c1ccc(C2=NSC(c3cc(Cl)cc(Cl)c3)(C(F)(F)F)C2)cc1C. The highest BCUT2D eigenvalue weighted by molar-refractivity contribution is 7.99. The van der Waals surface area contributed by atoms with Gasteiger partial charge >= 0.3 is 6.18 Å². The summed E-state index contributed by atoms with van der Waals surface area (Å²) in [4.78, 5) is 17.2. The molecule has 0 saturated heterocycles. The molecule has 2 aromatic rings. The third-order valence-corrected chi connectivity index (χ3v) is 6.54. The first kappa shape index (κ1) is 22.9. The summed E-state index contributed by atoms with van der Waals surface area (Å²) in [6, 6.07) is 8.70. The highest BCUT2D eigenvalue weighted by Gasteiger charge is 2.60. The van der Waals surface area contributed by atoms with Crippen LogP contribution in [0.5, 0.6) is 0 Å². The summed E-state index contributed by atoms with van der Waals surface area (Å²) in [7, 11) is 2.84. The first-order valence-corrected chi connectivity index (χ1v) is 10.2. The molecule has 1 atom stereocenters. The molecule has 1 aliphatic heterocycles. The number of carbonyl (C=O) groups is 1. The van der Waals surface area contributed by atoms with Gasteiger partial charge in [-0.05, 0) is 65.9 Å². The number of benzene rings is 2. The topological polar surface area (TPSA) is 41.9 Å². The molecule has 2 aromatic carbocycles. The van der Waals surface area contributed by atoms with Gasteiger partial charge in [0.05, 0.1) is 12.8 Å². The van der Waals surface area contributed by atoms with Crippen LogP contribution in [0.3, 0.4) is 0 Å². The number of hydrogen-bond donors (Lipinski definition) is 0. The van der Waals surface area contributed by atoms with Gasteiger partial charge in [-0.2, -0.15) is 13.2 Å². The lowest BCUT2D eigenvalue weighted by Gasteiger charge is -2.30. The van der Waals surface area contributed by atoms with Gasteiger partial charge in [-0.15, -0.1) is 0 Å². The predicted octanol–water partition coefficient (Wildman–Crippen LogP) is 6.23. The van der Waals surface area contributed by atoms with Crippen molar-refractivity contribution < 1.29 is 22.8 Å². The molecule has 0 saturated carbocycles. The highest BCUT2D eigenvalue weighted by atomic mass is 35.5. The summed E-state index contributed by atoms with van der Waals surface area (Å²) < 4.78 is 44.4. The smallest absolute Gasteiger partial charge is 0.274 e. The quantitative estimate of drug-likeness (QED) is 0.387. The van der Waals surface area contributed by atoms with Crippen LogP contribution in [0, 0.1) is 6.92 Å². The molecule has 3 rings (SSSR count). The van der Waals surface area contributed by atoms with Crippen LogP contribution in [-0.2, 0) is 9.58 Å². The van der Waals surface area contributed by atoms with Gasteiger partial charge in [0.1, 0.15) is 0 Å². The van der Waals surface area contributed by atoms with Crippen molar-refractivity contribution in [3.05, 3.63) is 68.7 Å². The minimum atomic E-state index is -4.59. The fourth-order valence-corrected chi connectivity index (χ4v) is 4.67. The van der Waals surface area contributed by atoms with Crippen molar-refractivity contribution in [1.29, 1.82) is 0 Å². The van der Waals surface area contributed by atoms with E-state index in [0.717, 1.165) is 5.06 Å². The van der Waals surface area contributed by atoms with Gasteiger partial charge in [0, 0.05) is 29.1 Å². The lowest BCUT2D eigenvalue weighted by molar-refractivity contribution is -0.159. The summed E-state index contributed by atoms with van der Waals surface area (Å²) in [5.74, 6) is -0.359. The summed E-state index contributed by atoms with van der Waals surface area (Å²) in [6.45, 7) is 1.70. The second-order valence-corrected chi connectivity index (χ2v) is 8.74. The Kier molecular flexibility index (Phi) is 6.43. The number of halogens is 5. The Bertz CT molecular complexity index is 1010. The van der Waals surface area contributed by atoms with E-state index in [0.29, 0.717) is 28.6 Å². The number of rotatable bonds is 4. The van der Waals surface area contributed by atoms with Gasteiger partial charge < -0.3 is 0 Å². The van der Waals surface area contributed by atoms with Crippen LogP contribution in [0.1, 0.15) is 33.5 Å². The van der Waals surface area contributed by atoms with Gasteiger partial charge in [0.25, 0.3) is 5.91 Å². The number of aryl methyl sites for hydroxylation is 1. The molecular weight excluding hydrogens is 460 g/mol. The Morgan fingerprint density at radius 2 is 1.83 bits per heavy atom. The molecule has 0 N–H and O–H groups in total. The molecule has 0 fully saturated rings. The van der Waals surface area contributed by atoms with Gasteiger partial charge in [-0.3, -0.25) is 9.63 Å². The fourth-order valence-electron chi connectivity index (χ4n) is 3.18. The van der Waals surface area contributed by atoms with Crippen molar-refractivity contribution >= 4 is 46.8 Å². The first-order valence-electron chi connectivity index (χ1n) is 8.70. The first-order chi connectivity index (χ1) is 14.0. The Balaban J connectivity index is 1.97. The van der Waals surface area contributed by atoms with E-state index in [-0.39, 0.29) is 33.6 Å². The van der Waals surface area contributed by atoms with Gasteiger partial charge in [0.2, 0.25) is 0 Å². The molecule has 0 aromatic heterocycles. The van der Waals surface area contributed by atoms with Crippen LogP contribution in [-0.4, -0.2) is 37.0 Å². The maximum atomic E-state index is 14.2. The van der Waals surface area contributed by atoms with Gasteiger partial charge in [-0.1, -0.05) is 29.3 Å². The lowest BCUT2D eigenvalue weighted by Crippen LogP contribution is -2.38. The molecule has 1 aliphatic rings. The summed E-state index contributed by atoms with van der Waals surface area (Å²) >= 11 is 12.4. The van der Waals surface area contributed by atoms with Crippen molar-refractivity contribution in [1.82, 2.24) is 5.06 Å². The van der Waals surface area contributed by atoms with Crippen LogP contribution in [0.25, 0.3) is 0 Å². The Hall–Kier alpha value is -1.74. The second kappa shape index (κ2) is 8.42. The molecule has 1 heterocycles. The molecule has 30 heavy (non-hydrogen) atoms. The lowest BCUT2D eigenvalue weighted by atomic mass is 9.89. The number of hydrogen-bond acceptors (Lipinski definition) is 4. The average molecular weight is 477 g/mol. The monoisotopic (exact) mass is 476 g/mol. The van der Waals surface area contributed by atoms with Crippen LogP contribution < -0.4 is 0 Å². The molecule has 0 radical (unpaired) electrons. The van der Waals surface area contributed by atoms with Crippen LogP contribution in [0.2, 0.25) is 10.0 Å².